The van der Waals surface area contributed by atoms with E-state index in [1.54, 1.807) is 23.9 Å². The van der Waals surface area contributed by atoms with Crippen LogP contribution in [0.2, 0.25) is 0 Å². The van der Waals surface area contributed by atoms with Crippen LogP contribution < -0.4 is 10.1 Å². The van der Waals surface area contributed by atoms with Crippen LogP contribution >= 0.6 is 11.8 Å². The van der Waals surface area contributed by atoms with E-state index in [4.69, 9.17) is 4.74 Å². The largest absolute Gasteiger partial charge is 0.457 e. The maximum Gasteiger partial charge on any atom is 0.255 e. The molecule has 1 heterocycles. The maximum atomic E-state index is 12.5. The van der Waals surface area contributed by atoms with Crippen molar-refractivity contribution in [2.24, 2.45) is 0 Å². The quantitative estimate of drug-likeness (QED) is 0.440. The summed E-state index contributed by atoms with van der Waals surface area (Å²) in [6.07, 6.45) is 0. The minimum Gasteiger partial charge on any atom is -0.457 e. The van der Waals surface area contributed by atoms with Crippen molar-refractivity contribution in [3.8, 4) is 11.5 Å². The topological polar surface area (TPSA) is 92.8 Å². The summed E-state index contributed by atoms with van der Waals surface area (Å²) >= 11 is 1.57. The predicted molar refractivity (Wildman–Crippen MR) is 111 cm³/mol. The summed E-state index contributed by atoms with van der Waals surface area (Å²) < 4.78 is 5.76. The molecule has 29 heavy (non-hydrogen) atoms. The van der Waals surface area contributed by atoms with Crippen LogP contribution in [0.1, 0.15) is 16.2 Å². The Morgan fingerprint density at radius 2 is 1.66 bits per heavy atom. The smallest absolute Gasteiger partial charge is 0.255 e. The van der Waals surface area contributed by atoms with E-state index < -0.39 is 0 Å². The number of rotatable bonds is 7. The molecule has 144 valence electrons. The number of ether oxygens (including phenoxy) is 1. The van der Waals surface area contributed by atoms with Gasteiger partial charge in [-0.1, -0.05) is 23.4 Å². The zero-order valence-electron chi connectivity index (χ0n) is 15.3. The van der Waals surface area contributed by atoms with E-state index in [1.807, 2.05) is 66.7 Å². The van der Waals surface area contributed by atoms with Crippen molar-refractivity contribution in [2.75, 3.05) is 5.32 Å². The molecule has 8 heteroatoms. The minimum absolute atomic E-state index is 0.170. The molecule has 0 bridgehead atoms. The van der Waals surface area contributed by atoms with Crippen molar-refractivity contribution in [3.05, 3.63) is 90.3 Å². The van der Waals surface area contributed by atoms with Gasteiger partial charge in [0.1, 0.15) is 11.5 Å². The second-order valence-corrected chi connectivity index (χ2v) is 7.08. The molecular weight excluding hydrogens is 386 g/mol. The lowest BCUT2D eigenvalue weighted by atomic mass is 10.2. The first-order valence-corrected chi connectivity index (χ1v) is 9.84. The van der Waals surface area contributed by atoms with Gasteiger partial charge in [-0.15, -0.1) is 22.0 Å². The molecule has 1 amide bonds. The Balaban J connectivity index is 1.32. The van der Waals surface area contributed by atoms with E-state index in [9.17, 15) is 4.79 Å². The third kappa shape index (κ3) is 5.20. The molecule has 0 aliphatic carbocycles. The molecule has 0 aliphatic heterocycles. The number of tetrazole rings is 1. The van der Waals surface area contributed by atoms with Gasteiger partial charge in [0.25, 0.3) is 5.91 Å². The Morgan fingerprint density at radius 1 is 0.931 bits per heavy atom. The molecule has 0 aliphatic rings. The molecule has 0 atom stereocenters. The fourth-order valence-corrected chi connectivity index (χ4v) is 3.27. The maximum absolute atomic E-state index is 12.5. The van der Waals surface area contributed by atoms with E-state index in [-0.39, 0.29) is 5.91 Å². The molecule has 1 aromatic heterocycles. The van der Waals surface area contributed by atoms with E-state index in [1.165, 1.54) is 0 Å². The van der Waals surface area contributed by atoms with Crippen molar-refractivity contribution < 1.29 is 9.53 Å². The number of nitrogens with zero attached hydrogens (tertiary/aromatic N) is 3. The molecule has 0 saturated carbocycles. The molecule has 0 radical (unpaired) electrons. The number of benzene rings is 3. The summed E-state index contributed by atoms with van der Waals surface area (Å²) in [5, 5.41) is 16.7. The molecule has 7 nitrogen and oxygen atoms in total. The highest BCUT2D eigenvalue weighted by Crippen LogP contribution is 2.24. The number of thioether (sulfide) groups is 1. The number of H-pyrrole nitrogens is 1. The van der Waals surface area contributed by atoms with Crippen LogP contribution in [0.3, 0.4) is 0 Å². The van der Waals surface area contributed by atoms with Crippen LogP contribution in [-0.4, -0.2) is 26.5 Å². The zero-order valence-corrected chi connectivity index (χ0v) is 16.1. The number of para-hydroxylation sites is 1. The zero-order chi connectivity index (χ0) is 19.9. The monoisotopic (exact) mass is 403 g/mol. The van der Waals surface area contributed by atoms with Gasteiger partial charge in [-0.25, -0.2) is 0 Å². The Labute approximate surface area is 171 Å². The molecule has 4 aromatic rings. The van der Waals surface area contributed by atoms with Gasteiger partial charge in [0.2, 0.25) is 0 Å². The van der Waals surface area contributed by atoms with Crippen LogP contribution in [0.15, 0.2) is 83.8 Å². The fourth-order valence-electron chi connectivity index (χ4n) is 2.53. The van der Waals surface area contributed by atoms with Crippen LogP contribution in [0.5, 0.6) is 11.5 Å². The number of anilines is 1. The standard InChI is InChI=1S/C21H17N5O2S/c27-21(15-6-12-19(13-7-15)29-14-20-23-25-26-24-20)22-16-8-10-18(11-9-16)28-17-4-2-1-3-5-17/h1-13H,14H2,(H,22,27)(H,23,24,25,26). The van der Waals surface area contributed by atoms with Crippen LogP contribution in [-0.2, 0) is 5.75 Å². The number of carbonyl (C=O) groups is 1. The predicted octanol–water partition coefficient (Wildman–Crippen LogP) is 4.54. The van der Waals surface area contributed by atoms with Gasteiger partial charge in [-0.2, -0.15) is 5.21 Å². The Hall–Kier alpha value is -3.65. The summed E-state index contributed by atoms with van der Waals surface area (Å²) in [5.74, 6) is 2.55. The Morgan fingerprint density at radius 3 is 2.34 bits per heavy atom. The molecule has 4 rings (SSSR count). The molecule has 0 saturated heterocycles. The average Bonchev–Trinajstić information content (AvgIpc) is 3.28. The van der Waals surface area contributed by atoms with Gasteiger partial charge in [0, 0.05) is 16.1 Å². The second-order valence-electron chi connectivity index (χ2n) is 6.03. The van der Waals surface area contributed by atoms with Crippen molar-refractivity contribution in [1.29, 1.82) is 0 Å². The average molecular weight is 403 g/mol. The van der Waals surface area contributed by atoms with Crippen LogP contribution in [0, 0.1) is 0 Å². The summed E-state index contributed by atoms with van der Waals surface area (Å²) in [4.78, 5) is 13.5. The first-order chi connectivity index (χ1) is 14.3. The third-order valence-electron chi connectivity index (χ3n) is 3.96. The van der Waals surface area contributed by atoms with Gasteiger partial charge in [0.15, 0.2) is 5.82 Å². The van der Waals surface area contributed by atoms with E-state index in [0.717, 1.165) is 10.6 Å². The van der Waals surface area contributed by atoms with Crippen molar-refractivity contribution >= 4 is 23.4 Å². The van der Waals surface area contributed by atoms with Gasteiger partial charge in [-0.3, -0.25) is 4.79 Å². The Kier molecular flexibility index (Phi) is 5.82. The highest BCUT2D eigenvalue weighted by molar-refractivity contribution is 7.98. The molecule has 3 aromatic carbocycles. The first kappa shape index (κ1) is 18.7. The third-order valence-corrected chi connectivity index (χ3v) is 4.97. The molecular formula is C21H17N5O2S. The SMILES string of the molecule is O=C(Nc1ccc(Oc2ccccc2)cc1)c1ccc(SCc2nn[nH]n2)cc1. The lowest BCUT2D eigenvalue weighted by Gasteiger charge is -2.08. The fraction of sp³-hybridized carbons (Fsp3) is 0.0476. The Bertz CT molecular complexity index is 1050. The van der Waals surface area contributed by atoms with Crippen LogP contribution in [0.4, 0.5) is 5.69 Å². The first-order valence-electron chi connectivity index (χ1n) is 8.86. The van der Waals surface area contributed by atoms with Crippen molar-refractivity contribution in [1.82, 2.24) is 20.6 Å². The lowest BCUT2D eigenvalue weighted by molar-refractivity contribution is 0.102. The molecule has 0 fully saturated rings. The number of nitrogens with one attached hydrogen (secondary N) is 2. The molecule has 0 spiro atoms. The van der Waals surface area contributed by atoms with E-state index in [0.29, 0.717) is 28.6 Å². The summed E-state index contributed by atoms with van der Waals surface area (Å²) in [5.41, 5.74) is 1.28. The number of aromatic nitrogens is 4. The van der Waals surface area contributed by atoms with Gasteiger partial charge >= 0.3 is 0 Å². The van der Waals surface area contributed by atoms with Gasteiger partial charge in [-0.05, 0) is 60.7 Å². The van der Waals surface area contributed by atoms with E-state index in [2.05, 4.69) is 25.9 Å². The number of carbonyl (C=O) groups excluding carboxylic acids is 1. The van der Waals surface area contributed by atoms with E-state index >= 15 is 0 Å². The van der Waals surface area contributed by atoms with Gasteiger partial charge < -0.3 is 10.1 Å². The number of aromatic amines is 1. The van der Waals surface area contributed by atoms with Crippen molar-refractivity contribution in [3.63, 3.8) is 0 Å². The highest BCUT2D eigenvalue weighted by atomic mass is 32.2. The molecule has 2 N–H and O–H groups in total. The highest BCUT2D eigenvalue weighted by Gasteiger charge is 2.07. The summed E-state index contributed by atoms with van der Waals surface area (Å²) in [6, 6.07) is 24.2. The second kappa shape index (κ2) is 9.03. The lowest BCUT2D eigenvalue weighted by Crippen LogP contribution is -2.11. The van der Waals surface area contributed by atoms with Gasteiger partial charge in [0.05, 0.1) is 5.75 Å². The molecule has 0 unspecified atom stereocenters. The number of hydrogen-bond acceptors (Lipinski definition) is 6. The summed E-state index contributed by atoms with van der Waals surface area (Å²) in [7, 11) is 0. The minimum atomic E-state index is -0.170. The van der Waals surface area contributed by atoms with Crippen LogP contribution in [0.25, 0.3) is 0 Å². The number of hydrogen-bond donors (Lipinski definition) is 2. The summed E-state index contributed by atoms with van der Waals surface area (Å²) in [6.45, 7) is 0. The normalized spacial score (nSPS) is 10.5. The number of amides is 1. The van der Waals surface area contributed by atoms with Crippen molar-refractivity contribution in [2.45, 2.75) is 10.6 Å².